The van der Waals surface area contributed by atoms with Gasteiger partial charge in [0, 0.05) is 28.3 Å². The summed E-state index contributed by atoms with van der Waals surface area (Å²) in [4.78, 5) is 30.2. The average molecular weight is 773 g/mol. The number of anilines is 1. The fourth-order valence-electron chi connectivity index (χ4n) is 7.14. The number of para-hydroxylation sites is 2. The zero-order chi connectivity index (χ0) is 37.8. The van der Waals surface area contributed by atoms with Crippen molar-refractivity contribution in [2.45, 2.75) is 44.4 Å². The van der Waals surface area contributed by atoms with E-state index in [-0.39, 0.29) is 57.6 Å². The summed E-state index contributed by atoms with van der Waals surface area (Å²) in [5.41, 5.74) is 1.59. The van der Waals surface area contributed by atoms with E-state index in [1.807, 2.05) is 0 Å². The van der Waals surface area contributed by atoms with E-state index in [0.29, 0.717) is 39.5 Å². The van der Waals surface area contributed by atoms with Crippen molar-refractivity contribution in [1.82, 2.24) is 4.90 Å². The molecule has 7 rings (SSSR count). The minimum Gasteiger partial charge on any atom is -0.545 e. The number of aromatic nitrogens is 1. The molecule has 3 saturated heterocycles. The lowest BCUT2D eigenvalue weighted by Gasteiger charge is -2.44. The van der Waals surface area contributed by atoms with Crippen LogP contribution in [0, 0.1) is 5.92 Å². The first-order valence-electron chi connectivity index (χ1n) is 16.8. The van der Waals surface area contributed by atoms with E-state index in [4.69, 9.17) is 42.1 Å². The summed E-state index contributed by atoms with van der Waals surface area (Å²) in [7, 11) is 2.95. The number of hydrogen-bond donors (Lipinski definition) is 1. The van der Waals surface area contributed by atoms with Gasteiger partial charge in [0.15, 0.2) is 11.5 Å². The molecule has 0 radical (unpaired) electrons. The summed E-state index contributed by atoms with van der Waals surface area (Å²) < 4.78 is 49.7. The minimum atomic E-state index is -3.16. The first-order valence-corrected chi connectivity index (χ1v) is 17.6. The zero-order valence-corrected chi connectivity index (χ0v) is 30.4. The maximum absolute atomic E-state index is 14.1. The number of methoxy groups -OCH3 is 2. The summed E-state index contributed by atoms with van der Waals surface area (Å²) >= 11 is 13.1. The van der Waals surface area contributed by atoms with E-state index in [9.17, 15) is 28.7 Å². The summed E-state index contributed by atoms with van der Waals surface area (Å²) in [6, 6.07) is 15.5. The number of carboxylic acid groups (broad SMARTS) is 1. The van der Waals surface area contributed by atoms with Gasteiger partial charge in [-0.05, 0) is 79.2 Å². The lowest BCUT2D eigenvalue weighted by atomic mass is 9.82. The van der Waals surface area contributed by atoms with Gasteiger partial charge in [0.25, 0.3) is 0 Å². The van der Waals surface area contributed by atoms with E-state index in [1.54, 1.807) is 30.3 Å². The van der Waals surface area contributed by atoms with E-state index < -0.39 is 24.6 Å². The highest BCUT2D eigenvalue weighted by Gasteiger charge is 2.38. The predicted octanol–water partition coefficient (Wildman–Crippen LogP) is 6.11. The van der Waals surface area contributed by atoms with Crippen LogP contribution in [0.3, 0.4) is 0 Å². The number of hydrogen-bond acceptors (Lipinski definition) is 9. The van der Waals surface area contributed by atoms with E-state index >= 15 is 0 Å². The van der Waals surface area contributed by atoms with Crippen LogP contribution in [-0.2, 0) is 17.7 Å². The summed E-state index contributed by atoms with van der Waals surface area (Å²) in [6.45, 7) is -0.967. The highest BCUT2D eigenvalue weighted by atomic mass is 35.5. The van der Waals surface area contributed by atoms with Crippen LogP contribution in [-0.4, -0.2) is 68.7 Å². The standard InChI is InChI=1S/C38H37Cl2F2N3O8/c1-50-33-10-8-24(16-34(33)51-2)26(17-28-29(39)19-44(49)20-30(28)40)27-15-22(7-9-25(27)36(46)47)18-45(31-5-3-4-6-32(31)52-37(41)42)38(48)53-35-21-43-13-11-23(35)12-14-43/h3-10,15-16,19-20,23,26,35,37H,11-14,17-18,21H2,1-2H3,(H-,46,47,49)/t26-,35-/m0/s1. The minimum absolute atomic E-state index is 0.0428. The Morgan fingerprint density at radius 3 is 2.30 bits per heavy atom. The Morgan fingerprint density at radius 2 is 1.68 bits per heavy atom. The number of benzene rings is 3. The van der Waals surface area contributed by atoms with Crippen LogP contribution >= 0.6 is 23.2 Å². The second-order valence-electron chi connectivity index (χ2n) is 12.9. The number of fused-ring (bicyclic) bond motifs is 3. The van der Waals surface area contributed by atoms with Crippen LogP contribution in [0.4, 0.5) is 19.3 Å². The summed E-state index contributed by atoms with van der Waals surface area (Å²) in [5, 5.41) is 23.0. The number of nitrogens with zero attached hydrogens (tertiary/aromatic N) is 3. The topological polar surface area (TPSA) is 125 Å². The van der Waals surface area contributed by atoms with Crippen LogP contribution in [0.2, 0.25) is 10.0 Å². The number of rotatable bonds is 13. The molecule has 15 heteroatoms. The number of carbonyl (C=O) groups is 2. The third-order valence-electron chi connectivity index (χ3n) is 9.78. The molecule has 2 bridgehead atoms. The van der Waals surface area contributed by atoms with Crippen LogP contribution < -0.4 is 28.9 Å². The molecule has 0 aliphatic carbocycles. The molecule has 2 atom stereocenters. The van der Waals surface area contributed by atoms with Crippen LogP contribution in [0.5, 0.6) is 17.2 Å². The average Bonchev–Trinajstić information content (AvgIpc) is 3.13. The second kappa shape index (κ2) is 16.4. The smallest absolute Gasteiger partial charge is 0.415 e. The SMILES string of the molecule is COc1ccc([C@H](Cc2c(Cl)c[n+](O)cc2Cl)c2cc(CN(C(=O)O[C@H]3CN4CCC3CC4)c3ccccc3OC(F)F)ccc2C(=O)[O-])cc1OC. The van der Waals surface area contributed by atoms with Crippen LogP contribution in [0.25, 0.3) is 0 Å². The van der Waals surface area contributed by atoms with Gasteiger partial charge in [-0.1, -0.05) is 59.6 Å². The van der Waals surface area contributed by atoms with Gasteiger partial charge in [0.2, 0.25) is 12.4 Å². The molecule has 3 fully saturated rings. The normalized spacial score (nSPS) is 18.4. The second-order valence-corrected chi connectivity index (χ2v) is 13.7. The highest BCUT2D eigenvalue weighted by Crippen LogP contribution is 2.40. The Kier molecular flexibility index (Phi) is 11.8. The van der Waals surface area contributed by atoms with Crippen LogP contribution in [0.1, 0.15) is 51.4 Å². The van der Waals surface area contributed by atoms with E-state index in [1.165, 1.54) is 61.8 Å². The fourth-order valence-corrected chi connectivity index (χ4v) is 7.75. The fraction of sp³-hybridized carbons (Fsp3) is 0.342. The number of pyridine rings is 1. The maximum atomic E-state index is 14.1. The number of ether oxygens (including phenoxy) is 4. The Balaban J connectivity index is 1.45. The maximum Gasteiger partial charge on any atom is 0.415 e. The summed E-state index contributed by atoms with van der Waals surface area (Å²) in [5.74, 6) is -1.50. The van der Waals surface area contributed by atoms with Gasteiger partial charge < -0.3 is 28.8 Å². The molecule has 3 aliphatic heterocycles. The molecule has 1 aromatic heterocycles. The third-order valence-corrected chi connectivity index (χ3v) is 10.4. The lowest BCUT2D eigenvalue weighted by Crippen LogP contribution is -2.53. The molecule has 11 nitrogen and oxygen atoms in total. The first-order chi connectivity index (χ1) is 25.4. The molecule has 3 aliphatic rings. The molecule has 53 heavy (non-hydrogen) atoms. The molecule has 3 aromatic carbocycles. The first kappa shape index (κ1) is 37.9. The van der Waals surface area contributed by atoms with Gasteiger partial charge in [-0.15, -0.1) is 0 Å². The number of alkyl halides is 2. The van der Waals surface area contributed by atoms with Crippen molar-refractivity contribution >= 4 is 41.0 Å². The number of amides is 1. The molecule has 1 N–H and O–H groups in total. The highest BCUT2D eigenvalue weighted by molar-refractivity contribution is 6.35. The number of carboxylic acids is 1. The van der Waals surface area contributed by atoms with Crippen molar-refractivity contribution in [3.8, 4) is 17.2 Å². The molecular weight excluding hydrogens is 735 g/mol. The largest absolute Gasteiger partial charge is 0.545 e. The Bertz CT molecular complexity index is 1950. The molecule has 1 amide bonds. The van der Waals surface area contributed by atoms with Gasteiger partial charge in [0.05, 0.1) is 32.4 Å². The number of halogens is 4. The van der Waals surface area contributed by atoms with Crippen molar-refractivity contribution in [2.24, 2.45) is 5.92 Å². The quantitative estimate of drug-likeness (QED) is 0.127. The van der Waals surface area contributed by atoms with Gasteiger partial charge in [0.1, 0.15) is 21.9 Å². The molecule has 4 aromatic rings. The third kappa shape index (κ3) is 8.53. The van der Waals surface area contributed by atoms with Crippen molar-refractivity contribution in [2.75, 3.05) is 38.8 Å². The molecule has 0 saturated carbocycles. The summed E-state index contributed by atoms with van der Waals surface area (Å²) in [6.07, 6.45) is 3.15. The van der Waals surface area contributed by atoms with Crippen molar-refractivity contribution in [3.05, 3.63) is 111 Å². The lowest BCUT2D eigenvalue weighted by molar-refractivity contribution is -0.904. The van der Waals surface area contributed by atoms with Gasteiger partial charge >= 0.3 is 12.7 Å². The van der Waals surface area contributed by atoms with Crippen LogP contribution in [0.15, 0.2) is 73.1 Å². The molecule has 280 valence electrons. The molecule has 4 heterocycles. The number of aromatic carboxylic acids is 1. The Labute approximate surface area is 314 Å². The zero-order valence-electron chi connectivity index (χ0n) is 28.8. The van der Waals surface area contributed by atoms with E-state index in [2.05, 4.69) is 4.90 Å². The van der Waals surface area contributed by atoms with E-state index in [0.717, 1.165) is 25.9 Å². The monoisotopic (exact) mass is 771 g/mol. The van der Waals surface area contributed by atoms with Crippen molar-refractivity contribution < 1.29 is 52.4 Å². The van der Waals surface area contributed by atoms with Gasteiger partial charge in [-0.25, -0.2) is 4.79 Å². The molecule has 0 unspecified atom stereocenters. The Morgan fingerprint density at radius 1 is 0.981 bits per heavy atom. The molecule has 0 spiro atoms. The van der Waals surface area contributed by atoms with Crippen molar-refractivity contribution in [1.29, 1.82) is 0 Å². The van der Waals surface area contributed by atoms with Crippen molar-refractivity contribution in [3.63, 3.8) is 0 Å². The van der Waals surface area contributed by atoms with Gasteiger partial charge in [-0.3, -0.25) is 15.0 Å². The number of carbonyl (C=O) groups excluding carboxylic acids is 2. The number of piperidine rings is 3. The predicted molar refractivity (Wildman–Crippen MR) is 188 cm³/mol. The van der Waals surface area contributed by atoms with Gasteiger partial charge in [-0.2, -0.15) is 8.78 Å². The molecular formula is C38H37Cl2F2N3O8. The Hall–Kier alpha value is -4.85.